The van der Waals surface area contributed by atoms with Gasteiger partial charge >= 0.3 is 0 Å². The molecular weight excluding hydrogens is 388 g/mol. The van der Waals surface area contributed by atoms with E-state index in [0.717, 1.165) is 64.9 Å². The summed E-state index contributed by atoms with van der Waals surface area (Å²) in [5.74, 6) is 1.64. The summed E-state index contributed by atoms with van der Waals surface area (Å²) in [6.45, 7) is 12.7. The molecule has 0 aliphatic carbocycles. The number of morpholine rings is 1. The van der Waals surface area contributed by atoms with E-state index in [1.54, 1.807) is 0 Å². The van der Waals surface area contributed by atoms with Gasteiger partial charge in [0.05, 0.1) is 32.1 Å². The number of nitrogens with one attached hydrogen (secondary N) is 1. The molecule has 2 unspecified atom stereocenters. The van der Waals surface area contributed by atoms with Crippen molar-refractivity contribution in [1.29, 1.82) is 0 Å². The highest BCUT2D eigenvalue weighted by Gasteiger charge is 2.28. The van der Waals surface area contributed by atoms with E-state index in [4.69, 9.17) is 9.73 Å². The van der Waals surface area contributed by atoms with Gasteiger partial charge in [-0.05, 0) is 30.4 Å². The third-order valence-electron chi connectivity index (χ3n) is 6.37. The van der Waals surface area contributed by atoms with Gasteiger partial charge in [0, 0.05) is 51.7 Å². The Morgan fingerprint density at radius 3 is 2.84 bits per heavy atom. The lowest BCUT2D eigenvalue weighted by molar-refractivity contribution is 0.0342. The normalized spacial score (nSPS) is 23.2. The van der Waals surface area contributed by atoms with Gasteiger partial charge in [0.25, 0.3) is 0 Å². The van der Waals surface area contributed by atoms with Crippen molar-refractivity contribution in [3.8, 4) is 0 Å². The molecule has 1 aromatic carbocycles. The third kappa shape index (κ3) is 5.86. The minimum absolute atomic E-state index is 0.428. The van der Waals surface area contributed by atoms with Crippen molar-refractivity contribution >= 4 is 5.96 Å². The Balaban J connectivity index is 1.42. The van der Waals surface area contributed by atoms with Crippen molar-refractivity contribution in [2.24, 2.45) is 10.9 Å². The summed E-state index contributed by atoms with van der Waals surface area (Å²) in [6.07, 6.45) is 7.04. The van der Waals surface area contributed by atoms with E-state index in [0.29, 0.717) is 18.5 Å². The van der Waals surface area contributed by atoms with Crippen molar-refractivity contribution < 1.29 is 4.74 Å². The minimum Gasteiger partial charge on any atom is -0.379 e. The summed E-state index contributed by atoms with van der Waals surface area (Å²) >= 11 is 0. The first-order chi connectivity index (χ1) is 15.2. The first kappa shape index (κ1) is 21.8. The molecule has 2 aliphatic rings. The number of likely N-dealkylation sites (tertiary alicyclic amines) is 1. The Hall–Kier alpha value is -2.38. The summed E-state index contributed by atoms with van der Waals surface area (Å²) in [7, 11) is 0. The molecule has 4 rings (SSSR count). The predicted molar refractivity (Wildman–Crippen MR) is 124 cm³/mol. The molecule has 7 nitrogen and oxygen atoms in total. The van der Waals surface area contributed by atoms with Gasteiger partial charge in [0.2, 0.25) is 0 Å². The number of ether oxygens (including phenoxy) is 1. The van der Waals surface area contributed by atoms with Crippen molar-refractivity contribution in [2.75, 3.05) is 45.9 Å². The first-order valence-corrected chi connectivity index (χ1v) is 11.6. The number of rotatable bonds is 6. The SMILES string of the molecule is CCNC(=NCc1cccc(CN2CCOCC2)c1)N1CCC(C)C(n2ccnc2)C1. The Morgan fingerprint density at radius 2 is 2.06 bits per heavy atom. The molecule has 1 N–H and O–H groups in total. The van der Waals surface area contributed by atoms with Gasteiger partial charge in [-0.15, -0.1) is 0 Å². The van der Waals surface area contributed by atoms with Gasteiger partial charge in [0.1, 0.15) is 0 Å². The monoisotopic (exact) mass is 424 g/mol. The highest BCUT2D eigenvalue weighted by atomic mass is 16.5. The second kappa shape index (κ2) is 10.8. The summed E-state index contributed by atoms with van der Waals surface area (Å²) in [4.78, 5) is 14.1. The molecular formula is C24H36N6O. The molecule has 0 amide bonds. The molecule has 7 heteroatoms. The van der Waals surface area contributed by atoms with Crippen molar-refractivity contribution in [3.63, 3.8) is 0 Å². The van der Waals surface area contributed by atoms with Crippen LogP contribution < -0.4 is 5.32 Å². The summed E-state index contributed by atoms with van der Waals surface area (Å²) in [5, 5.41) is 3.51. The molecule has 168 valence electrons. The van der Waals surface area contributed by atoms with Crippen LogP contribution in [-0.2, 0) is 17.8 Å². The van der Waals surface area contributed by atoms with Crippen LogP contribution in [0.1, 0.15) is 37.4 Å². The number of piperidine rings is 1. The summed E-state index contributed by atoms with van der Waals surface area (Å²) < 4.78 is 7.71. The van der Waals surface area contributed by atoms with E-state index in [-0.39, 0.29) is 0 Å². The second-order valence-corrected chi connectivity index (χ2v) is 8.67. The summed E-state index contributed by atoms with van der Waals surface area (Å²) in [5.41, 5.74) is 2.62. The molecule has 2 fully saturated rings. The van der Waals surface area contributed by atoms with Crippen LogP contribution in [0.5, 0.6) is 0 Å². The average Bonchev–Trinajstić information content (AvgIpc) is 3.33. The molecule has 1 aromatic heterocycles. The van der Waals surface area contributed by atoms with E-state index in [1.165, 1.54) is 11.1 Å². The molecule has 0 radical (unpaired) electrons. The maximum atomic E-state index is 5.47. The molecule has 0 bridgehead atoms. The Labute approximate surface area is 186 Å². The van der Waals surface area contributed by atoms with E-state index in [1.807, 2.05) is 12.5 Å². The number of guanidine groups is 1. The van der Waals surface area contributed by atoms with Crippen molar-refractivity contribution in [3.05, 3.63) is 54.1 Å². The molecule has 3 heterocycles. The number of aliphatic imine (C=N–C) groups is 1. The van der Waals surface area contributed by atoms with Gasteiger partial charge < -0.3 is 19.5 Å². The second-order valence-electron chi connectivity index (χ2n) is 8.67. The van der Waals surface area contributed by atoms with E-state index in [9.17, 15) is 0 Å². The largest absolute Gasteiger partial charge is 0.379 e. The topological polar surface area (TPSA) is 57.9 Å². The Kier molecular flexibility index (Phi) is 7.59. The number of benzene rings is 1. The fourth-order valence-corrected chi connectivity index (χ4v) is 4.53. The number of aromatic nitrogens is 2. The van der Waals surface area contributed by atoms with E-state index >= 15 is 0 Å². The standard InChI is InChI=1S/C24H36N6O/c1-3-26-24(29-9-7-20(2)23(18-29)30-10-8-25-19-30)27-16-21-5-4-6-22(15-21)17-28-11-13-31-14-12-28/h4-6,8,10,15,19-20,23H,3,7,9,11-14,16-18H2,1-2H3,(H,26,27). The molecule has 2 saturated heterocycles. The number of hydrogen-bond acceptors (Lipinski definition) is 4. The van der Waals surface area contributed by atoms with Gasteiger partial charge in [0.15, 0.2) is 5.96 Å². The van der Waals surface area contributed by atoms with Gasteiger partial charge in [-0.25, -0.2) is 9.98 Å². The fraction of sp³-hybridized carbons (Fsp3) is 0.583. The molecule has 0 saturated carbocycles. The zero-order valence-electron chi connectivity index (χ0n) is 18.9. The van der Waals surface area contributed by atoms with Crippen LogP contribution in [0.2, 0.25) is 0 Å². The van der Waals surface area contributed by atoms with Crippen LogP contribution in [0.25, 0.3) is 0 Å². The zero-order chi connectivity index (χ0) is 21.5. The molecule has 2 atom stereocenters. The molecule has 2 aromatic rings. The smallest absolute Gasteiger partial charge is 0.194 e. The van der Waals surface area contributed by atoms with Crippen LogP contribution in [0.4, 0.5) is 0 Å². The van der Waals surface area contributed by atoms with Crippen LogP contribution in [0, 0.1) is 5.92 Å². The number of hydrogen-bond donors (Lipinski definition) is 1. The van der Waals surface area contributed by atoms with E-state index < -0.39 is 0 Å². The van der Waals surface area contributed by atoms with Crippen LogP contribution in [0.15, 0.2) is 48.0 Å². The molecule has 2 aliphatic heterocycles. The lowest BCUT2D eigenvalue weighted by Crippen LogP contribution is -2.49. The number of imidazole rings is 1. The third-order valence-corrected chi connectivity index (χ3v) is 6.37. The first-order valence-electron chi connectivity index (χ1n) is 11.6. The molecule has 0 spiro atoms. The van der Waals surface area contributed by atoms with Gasteiger partial charge in [-0.3, -0.25) is 4.90 Å². The van der Waals surface area contributed by atoms with E-state index in [2.05, 4.69) is 69.0 Å². The summed E-state index contributed by atoms with van der Waals surface area (Å²) in [6, 6.07) is 9.29. The Morgan fingerprint density at radius 1 is 1.23 bits per heavy atom. The fourth-order valence-electron chi connectivity index (χ4n) is 4.53. The molecule has 31 heavy (non-hydrogen) atoms. The quantitative estimate of drug-likeness (QED) is 0.571. The van der Waals surface area contributed by atoms with Crippen LogP contribution >= 0.6 is 0 Å². The number of nitrogens with zero attached hydrogens (tertiary/aromatic N) is 5. The predicted octanol–water partition coefficient (Wildman–Crippen LogP) is 2.76. The highest BCUT2D eigenvalue weighted by Crippen LogP contribution is 2.27. The highest BCUT2D eigenvalue weighted by molar-refractivity contribution is 5.80. The maximum absolute atomic E-state index is 5.47. The maximum Gasteiger partial charge on any atom is 0.194 e. The lowest BCUT2D eigenvalue weighted by Gasteiger charge is -2.39. The van der Waals surface area contributed by atoms with Crippen molar-refractivity contribution in [2.45, 2.75) is 39.4 Å². The average molecular weight is 425 g/mol. The van der Waals surface area contributed by atoms with Crippen LogP contribution in [0.3, 0.4) is 0 Å². The zero-order valence-corrected chi connectivity index (χ0v) is 18.9. The van der Waals surface area contributed by atoms with Crippen molar-refractivity contribution in [1.82, 2.24) is 24.7 Å². The van der Waals surface area contributed by atoms with Gasteiger partial charge in [-0.2, -0.15) is 0 Å². The minimum atomic E-state index is 0.428. The van der Waals surface area contributed by atoms with Crippen LogP contribution in [-0.4, -0.2) is 71.2 Å². The Bertz CT molecular complexity index is 830. The van der Waals surface area contributed by atoms with Gasteiger partial charge in [-0.1, -0.05) is 31.2 Å². The lowest BCUT2D eigenvalue weighted by atomic mass is 9.93.